The summed E-state index contributed by atoms with van der Waals surface area (Å²) >= 11 is 0. The van der Waals surface area contributed by atoms with E-state index in [0.29, 0.717) is 11.8 Å². The van der Waals surface area contributed by atoms with Gasteiger partial charge < -0.3 is 10.3 Å². The number of nitrogens with two attached hydrogens (primary N) is 1. The maximum Gasteiger partial charge on any atom is 0.260 e. The van der Waals surface area contributed by atoms with Crippen molar-refractivity contribution in [2.75, 3.05) is 5.73 Å². The molecular weight excluding hydrogens is 276 g/mol. The third kappa shape index (κ3) is 2.22. The number of sulfonamides is 1. The standard InChI is InChI=1S/C13H22N4O2S/c1-8(11-6-9-3-4-10(11)5-9)16-20(18,19)13-12(14)15-7-17(13)2/h7-11,16H,3-6,14H2,1-2H3. The molecule has 0 spiro atoms. The first-order valence-corrected chi connectivity index (χ1v) is 8.66. The Morgan fingerprint density at radius 3 is 2.70 bits per heavy atom. The minimum atomic E-state index is -3.61. The molecule has 0 aromatic carbocycles. The number of fused-ring (bicyclic) bond motifs is 2. The van der Waals surface area contributed by atoms with E-state index in [-0.39, 0.29) is 16.9 Å². The van der Waals surface area contributed by atoms with Crippen LogP contribution in [-0.4, -0.2) is 24.0 Å². The molecule has 112 valence electrons. The highest BCUT2D eigenvalue weighted by Crippen LogP contribution is 2.49. The molecule has 2 saturated carbocycles. The summed E-state index contributed by atoms with van der Waals surface area (Å²) in [5, 5.41) is 0.0625. The Bertz CT molecular complexity index is 590. The second-order valence-electron chi connectivity index (χ2n) is 6.29. The number of hydrogen-bond acceptors (Lipinski definition) is 4. The topological polar surface area (TPSA) is 90.0 Å². The van der Waals surface area contributed by atoms with Crippen LogP contribution in [0.3, 0.4) is 0 Å². The van der Waals surface area contributed by atoms with Gasteiger partial charge in [0.1, 0.15) is 0 Å². The third-order valence-electron chi connectivity index (χ3n) is 4.94. The van der Waals surface area contributed by atoms with Crippen LogP contribution in [0.25, 0.3) is 0 Å². The molecule has 2 aliphatic carbocycles. The molecular formula is C13H22N4O2S. The molecule has 20 heavy (non-hydrogen) atoms. The number of rotatable bonds is 4. The van der Waals surface area contributed by atoms with Gasteiger partial charge in [0.25, 0.3) is 10.0 Å². The zero-order valence-electron chi connectivity index (χ0n) is 11.9. The molecule has 2 fully saturated rings. The SMILES string of the molecule is CC(NS(=O)(=O)c1c(N)ncn1C)C1CC2CCC1C2. The lowest BCUT2D eigenvalue weighted by atomic mass is 9.84. The van der Waals surface area contributed by atoms with Crippen molar-refractivity contribution in [3.05, 3.63) is 6.33 Å². The van der Waals surface area contributed by atoms with E-state index in [4.69, 9.17) is 5.73 Å². The number of aromatic nitrogens is 2. The van der Waals surface area contributed by atoms with Crippen LogP contribution in [0.1, 0.15) is 32.6 Å². The number of nitrogen functional groups attached to an aromatic ring is 1. The number of aryl methyl sites for hydroxylation is 1. The quantitative estimate of drug-likeness (QED) is 0.871. The maximum atomic E-state index is 12.5. The van der Waals surface area contributed by atoms with Gasteiger partial charge in [-0.15, -0.1) is 0 Å². The van der Waals surface area contributed by atoms with Crippen molar-refractivity contribution in [2.45, 2.75) is 43.7 Å². The molecule has 4 unspecified atom stereocenters. The summed E-state index contributed by atoms with van der Waals surface area (Å²) in [4.78, 5) is 3.85. The first kappa shape index (κ1) is 13.9. The Balaban J connectivity index is 1.77. The fourth-order valence-corrected chi connectivity index (χ4v) is 5.59. The predicted octanol–water partition coefficient (Wildman–Crippen LogP) is 1.11. The molecule has 6 nitrogen and oxygen atoms in total. The number of anilines is 1. The Labute approximate surface area is 119 Å². The molecule has 1 aromatic heterocycles. The van der Waals surface area contributed by atoms with E-state index >= 15 is 0 Å². The molecule has 2 bridgehead atoms. The predicted molar refractivity (Wildman–Crippen MR) is 76.3 cm³/mol. The highest BCUT2D eigenvalue weighted by molar-refractivity contribution is 7.89. The number of nitrogens with one attached hydrogen (secondary N) is 1. The second-order valence-corrected chi connectivity index (χ2v) is 7.92. The van der Waals surface area contributed by atoms with Crippen molar-refractivity contribution >= 4 is 15.8 Å². The molecule has 1 heterocycles. The van der Waals surface area contributed by atoms with Gasteiger partial charge >= 0.3 is 0 Å². The average Bonchev–Trinajstić information content (AvgIpc) is 3.04. The van der Waals surface area contributed by atoms with Gasteiger partial charge in [-0.05, 0) is 43.9 Å². The van der Waals surface area contributed by atoms with Crippen molar-refractivity contribution < 1.29 is 8.42 Å². The molecule has 3 rings (SSSR count). The second kappa shape index (κ2) is 4.73. The van der Waals surface area contributed by atoms with E-state index in [0.717, 1.165) is 12.3 Å². The van der Waals surface area contributed by atoms with Crippen molar-refractivity contribution in [2.24, 2.45) is 24.8 Å². The van der Waals surface area contributed by atoms with Crippen LogP contribution in [0.4, 0.5) is 5.82 Å². The van der Waals surface area contributed by atoms with Crippen LogP contribution >= 0.6 is 0 Å². The third-order valence-corrected chi connectivity index (χ3v) is 6.63. The molecule has 1 aromatic rings. The average molecular weight is 298 g/mol. The van der Waals surface area contributed by atoms with Crippen molar-refractivity contribution in [3.8, 4) is 0 Å². The van der Waals surface area contributed by atoms with Gasteiger partial charge in [-0.2, -0.15) is 0 Å². The van der Waals surface area contributed by atoms with Crippen LogP contribution in [0.15, 0.2) is 11.4 Å². The van der Waals surface area contributed by atoms with Crippen LogP contribution < -0.4 is 10.5 Å². The summed E-state index contributed by atoms with van der Waals surface area (Å²) in [6.45, 7) is 1.97. The molecule has 0 aliphatic heterocycles. The summed E-state index contributed by atoms with van der Waals surface area (Å²) in [5.74, 6) is 2.00. The van der Waals surface area contributed by atoms with E-state index in [1.807, 2.05) is 6.92 Å². The molecule has 7 heteroatoms. The number of imidazole rings is 1. The summed E-state index contributed by atoms with van der Waals surface area (Å²) in [5.41, 5.74) is 5.67. The fraction of sp³-hybridized carbons (Fsp3) is 0.769. The summed E-state index contributed by atoms with van der Waals surface area (Å²) in [6, 6.07) is -0.0513. The molecule has 0 saturated heterocycles. The number of hydrogen-bond donors (Lipinski definition) is 2. The van der Waals surface area contributed by atoms with E-state index in [1.165, 1.54) is 30.2 Å². The Morgan fingerprint density at radius 2 is 2.20 bits per heavy atom. The largest absolute Gasteiger partial charge is 0.381 e. The normalized spacial score (nSPS) is 30.8. The molecule has 0 amide bonds. The zero-order chi connectivity index (χ0) is 14.5. The minimum absolute atomic E-state index is 0.0513. The van der Waals surface area contributed by atoms with E-state index in [1.54, 1.807) is 7.05 Å². The molecule has 4 atom stereocenters. The lowest BCUT2D eigenvalue weighted by molar-refractivity contribution is 0.280. The van der Waals surface area contributed by atoms with Gasteiger partial charge in [0.05, 0.1) is 6.33 Å². The van der Waals surface area contributed by atoms with Crippen molar-refractivity contribution in [3.63, 3.8) is 0 Å². The number of nitrogens with zero attached hydrogens (tertiary/aromatic N) is 2. The molecule has 0 radical (unpaired) electrons. The van der Waals surface area contributed by atoms with Gasteiger partial charge in [0.2, 0.25) is 0 Å². The molecule has 3 N–H and O–H groups in total. The maximum absolute atomic E-state index is 12.5. The van der Waals surface area contributed by atoms with Crippen molar-refractivity contribution in [1.82, 2.24) is 14.3 Å². The lowest BCUT2D eigenvalue weighted by Crippen LogP contribution is -2.40. The minimum Gasteiger partial charge on any atom is -0.381 e. The summed E-state index contributed by atoms with van der Waals surface area (Å²) < 4.78 is 29.2. The van der Waals surface area contributed by atoms with Gasteiger partial charge in [0.15, 0.2) is 10.8 Å². The monoisotopic (exact) mass is 298 g/mol. The smallest absolute Gasteiger partial charge is 0.260 e. The van der Waals surface area contributed by atoms with Crippen LogP contribution in [0, 0.1) is 17.8 Å². The summed E-state index contributed by atoms with van der Waals surface area (Å²) in [6.07, 6.45) is 6.40. The fourth-order valence-electron chi connectivity index (χ4n) is 4.06. The van der Waals surface area contributed by atoms with Gasteiger partial charge in [-0.3, -0.25) is 0 Å². The van der Waals surface area contributed by atoms with Gasteiger partial charge in [-0.1, -0.05) is 6.42 Å². The lowest BCUT2D eigenvalue weighted by Gasteiger charge is -2.28. The zero-order valence-corrected chi connectivity index (χ0v) is 12.7. The van der Waals surface area contributed by atoms with Gasteiger partial charge in [-0.25, -0.2) is 18.1 Å². The first-order chi connectivity index (χ1) is 9.38. The summed E-state index contributed by atoms with van der Waals surface area (Å²) in [7, 11) is -1.97. The van der Waals surface area contributed by atoms with Crippen LogP contribution in [0.5, 0.6) is 0 Å². The van der Waals surface area contributed by atoms with Crippen molar-refractivity contribution in [1.29, 1.82) is 0 Å². The first-order valence-electron chi connectivity index (χ1n) is 7.17. The van der Waals surface area contributed by atoms with Gasteiger partial charge in [0, 0.05) is 13.1 Å². The highest BCUT2D eigenvalue weighted by Gasteiger charge is 2.43. The Morgan fingerprint density at radius 1 is 1.45 bits per heavy atom. The Hall–Kier alpha value is -1.08. The highest BCUT2D eigenvalue weighted by atomic mass is 32.2. The molecule has 2 aliphatic rings. The van der Waals surface area contributed by atoms with E-state index < -0.39 is 10.0 Å². The van der Waals surface area contributed by atoms with Crippen LogP contribution in [0.2, 0.25) is 0 Å². The van der Waals surface area contributed by atoms with Crippen LogP contribution in [-0.2, 0) is 17.1 Å². The Kier molecular flexibility index (Phi) is 3.29. The van der Waals surface area contributed by atoms with E-state index in [9.17, 15) is 8.42 Å². The van der Waals surface area contributed by atoms with E-state index in [2.05, 4.69) is 9.71 Å².